The molecule has 20 heavy (non-hydrogen) atoms. The summed E-state index contributed by atoms with van der Waals surface area (Å²) >= 11 is 4.52. The van der Waals surface area contributed by atoms with Gasteiger partial charge in [-0.05, 0) is 40.4 Å². The Morgan fingerprint density at radius 1 is 1.45 bits per heavy atom. The minimum atomic E-state index is -0.448. The van der Waals surface area contributed by atoms with Crippen LogP contribution in [0.2, 0.25) is 0 Å². The summed E-state index contributed by atoms with van der Waals surface area (Å²) in [5.74, 6) is -0.775. The van der Waals surface area contributed by atoms with Crippen LogP contribution in [0.25, 0.3) is 0 Å². The molecule has 0 aliphatic rings. The van der Waals surface area contributed by atoms with Crippen LogP contribution in [0.1, 0.15) is 27.6 Å². The van der Waals surface area contributed by atoms with Crippen LogP contribution in [-0.2, 0) is 4.74 Å². The quantitative estimate of drug-likeness (QED) is 0.855. The Bertz CT molecular complexity index is 642. The highest BCUT2D eigenvalue weighted by molar-refractivity contribution is 9.10. The average Bonchev–Trinajstić information content (AvgIpc) is 2.87. The van der Waals surface area contributed by atoms with E-state index in [1.165, 1.54) is 17.5 Å². The van der Waals surface area contributed by atoms with Crippen molar-refractivity contribution in [2.75, 3.05) is 11.9 Å². The van der Waals surface area contributed by atoms with Gasteiger partial charge in [-0.25, -0.2) is 4.79 Å². The number of aromatic nitrogens is 1. The lowest BCUT2D eigenvalue weighted by Crippen LogP contribution is -2.14. The second-order valence-corrected chi connectivity index (χ2v) is 5.56. The Labute approximate surface area is 128 Å². The van der Waals surface area contributed by atoms with Crippen LogP contribution in [0.15, 0.2) is 34.4 Å². The maximum atomic E-state index is 12.1. The Morgan fingerprint density at radius 2 is 2.25 bits per heavy atom. The number of esters is 1. The van der Waals surface area contributed by atoms with Gasteiger partial charge in [0.2, 0.25) is 0 Å². The van der Waals surface area contributed by atoms with Crippen molar-refractivity contribution >= 4 is 44.1 Å². The molecule has 2 rings (SSSR count). The largest absolute Gasteiger partial charge is 0.462 e. The van der Waals surface area contributed by atoms with Crippen LogP contribution >= 0.6 is 27.3 Å². The number of thiophene rings is 1. The molecule has 0 aromatic carbocycles. The number of hydrogen-bond acceptors (Lipinski definition) is 5. The maximum Gasteiger partial charge on any atom is 0.341 e. The summed E-state index contributed by atoms with van der Waals surface area (Å²) in [7, 11) is 0. The number of hydrogen-bond donors (Lipinski definition) is 1. The first-order chi connectivity index (χ1) is 9.61. The van der Waals surface area contributed by atoms with Gasteiger partial charge in [0, 0.05) is 16.9 Å². The number of pyridine rings is 1. The van der Waals surface area contributed by atoms with Gasteiger partial charge in [0.25, 0.3) is 5.91 Å². The van der Waals surface area contributed by atoms with Crippen molar-refractivity contribution in [3.05, 3.63) is 45.5 Å². The van der Waals surface area contributed by atoms with Gasteiger partial charge >= 0.3 is 5.97 Å². The molecular formula is C13H11BrN2O3S. The van der Waals surface area contributed by atoms with E-state index in [4.69, 9.17) is 4.74 Å². The molecule has 0 aliphatic heterocycles. The SMILES string of the molecule is CCOC(=O)c1ccsc1NC(=O)c1cncc(Br)c1. The van der Waals surface area contributed by atoms with Gasteiger partial charge in [0.05, 0.1) is 17.7 Å². The van der Waals surface area contributed by atoms with Gasteiger partial charge in [0.15, 0.2) is 0 Å². The molecule has 0 bridgehead atoms. The Hall–Kier alpha value is -1.73. The minimum absolute atomic E-state index is 0.289. The van der Waals surface area contributed by atoms with E-state index in [0.717, 1.165) is 0 Å². The minimum Gasteiger partial charge on any atom is -0.462 e. The number of carbonyl (C=O) groups excluding carboxylic acids is 2. The smallest absolute Gasteiger partial charge is 0.341 e. The second-order valence-electron chi connectivity index (χ2n) is 3.73. The predicted octanol–water partition coefficient (Wildman–Crippen LogP) is 3.33. The highest BCUT2D eigenvalue weighted by Gasteiger charge is 2.16. The lowest BCUT2D eigenvalue weighted by atomic mass is 10.2. The molecule has 1 N–H and O–H groups in total. The normalized spacial score (nSPS) is 10.1. The van der Waals surface area contributed by atoms with E-state index in [-0.39, 0.29) is 12.5 Å². The third kappa shape index (κ3) is 3.43. The summed E-state index contributed by atoms with van der Waals surface area (Å²) in [4.78, 5) is 27.7. The molecule has 5 nitrogen and oxygen atoms in total. The zero-order valence-corrected chi connectivity index (χ0v) is 13.0. The van der Waals surface area contributed by atoms with Gasteiger partial charge in [-0.2, -0.15) is 0 Å². The molecule has 0 unspecified atom stereocenters. The van der Waals surface area contributed by atoms with Crippen molar-refractivity contribution in [1.82, 2.24) is 4.98 Å². The third-order valence-electron chi connectivity index (χ3n) is 2.35. The first kappa shape index (κ1) is 14.7. The summed E-state index contributed by atoms with van der Waals surface area (Å²) in [5.41, 5.74) is 0.760. The highest BCUT2D eigenvalue weighted by Crippen LogP contribution is 2.25. The molecule has 0 fully saturated rings. The van der Waals surface area contributed by atoms with Crippen molar-refractivity contribution in [1.29, 1.82) is 0 Å². The first-order valence-electron chi connectivity index (χ1n) is 5.78. The van der Waals surface area contributed by atoms with Crippen molar-refractivity contribution in [2.24, 2.45) is 0 Å². The molecule has 0 saturated heterocycles. The summed E-state index contributed by atoms with van der Waals surface area (Å²) in [6, 6.07) is 3.28. The molecule has 2 heterocycles. The predicted molar refractivity (Wildman–Crippen MR) is 80.2 cm³/mol. The third-order valence-corrected chi connectivity index (χ3v) is 3.62. The summed E-state index contributed by atoms with van der Waals surface area (Å²) in [6.45, 7) is 2.02. The van der Waals surface area contributed by atoms with Gasteiger partial charge in [0.1, 0.15) is 5.00 Å². The molecule has 2 aromatic heterocycles. The highest BCUT2D eigenvalue weighted by atomic mass is 79.9. The monoisotopic (exact) mass is 354 g/mol. The van der Waals surface area contributed by atoms with Gasteiger partial charge < -0.3 is 10.1 Å². The van der Waals surface area contributed by atoms with Crippen molar-refractivity contribution < 1.29 is 14.3 Å². The zero-order chi connectivity index (χ0) is 14.5. The fourth-order valence-electron chi connectivity index (χ4n) is 1.49. The number of ether oxygens (including phenoxy) is 1. The Morgan fingerprint density at radius 3 is 2.95 bits per heavy atom. The van der Waals surface area contributed by atoms with Crippen LogP contribution in [0, 0.1) is 0 Å². The van der Waals surface area contributed by atoms with E-state index in [0.29, 0.717) is 20.6 Å². The molecule has 0 radical (unpaired) electrons. The molecule has 0 atom stereocenters. The summed E-state index contributed by atoms with van der Waals surface area (Å²) < 4.78 is 5.64. The summed E-state index contributed by atoms with van der Waals surface area (Å²) in [5, 5.41) is 4.88. The van der Waals surface area contributed by atoms with Gasteiger partial charge in [-0.15, -0.1) is 11.3 Å². The first-order valence-corrected chi connectivity index (χ1v) is 7.45. The van der Waals surface area contributed by atoms with Crippen molar-refractivity contribution in [3.63, 3.8) is 0 Å². The number of nitrogens with one attached hydrogen (secondary N) is 1. The van der Waals surface area contributed by atoms with E-state index in [2.05, 4.69) is 26.2 Å². The van der Waals surface area contributed by atoms with E-state index in [1.807, 2.05) is 0 Å². The van der Waals surface area contributed by atoms with E-state index in [1.54, 1.807) is 30.6 Å². The number of nitrogens with zero attached hydrogens (tertiary/aromatic N) is 1. The second kappa shape index (κ2) is 6.62. The van der Waals surface area contributed by atoms with E-state index < -0.39 is 5.97 Å². The summed E-state index contributed by atoms with van der Waals surface area (Å²) in [6.07, 6.45) is 3.05. The lowest BCUT2D eigenvalue weighted by molar-refractivity contribution is 0.0528. The molecule has 0 aliphatic carbocycles. The zero-order valence-electron chi connectivity index (χ0n) is 10.6. The molecule has 0 saturated carbocycles. The van der Waals surface area contributed by atoms with Gasteiger partial charge in [-0.3, -0.25) is 9.78 Å². The average molecular weight is 355 g/mol. The maximum absolute atomic E-state index is 12.1. The van der Waals surface area contributed by atoms with Crippen LogP contribution in [-0.4, -0.2) is 23.5 Å². The van der Waals surface area contributed by atoms with E-state index >= 15 is 0 Å². The molecule has 0 spiro atoms. The van der Waals surface area contributed by atoms with Crippen LogP contribution in [0.4, 0.5) is 5.00 Å². The number of halogens is 1. The molecular weight excluding hydrogens is 344 g/mol. The van der Waals surface area contributed by atoms with Crippen molar-refractivity contribution in [2.45, 2.75) is 6.92 Å². The molecule has 7 heteroatoms. The van der Waals surface area contributed by atoms with Gasteiger partial charge in [-0.1, -0.05) is 0 Å². The number of anilines is 1. The standard InChI is InChI=1S/C13H11BrN2O3S/c1-2-19-13(18)10-3-4-20-12(10)16-11(17)8-5-9(14)7-15-6-8/h3-7H,2H2,1H3,(H,16,17). The van der Waals surface area contributed by atoms with E-state index in [9.17, 15) is 9.59 Å². The molecule has 2 aromatic rings. The van der Waals surface area contributed by atoms with Crippen LogP contribution in [0.3, 0.4) is 0 Å². The Kier molecular flexibility index (Phi) is 4.86. The van der Waals surface area contributed by atoms with Crippen molar-refractivity contribution in [3.8, 4) is 0 Å². The van der Waals surface area contributed by atoms with Crippen LogP contribution in [0.5, 0.6) is 0 Å². The lowest BCUT2D eigenvalue weighted by Gasteiger charge is -2.06. The molecule has 104 valence electrons. The fraction of sp³-hybridized carbons (Fsp3) is 0.154. The topological polar surface area (TPSA) is 68.3 Å². The number of rotatable bonds is 4. The molecule has 1 amide bonds. The number of carbonyl (C=O) groups is 2. The van der Waals surface area contributed by atoms with Crippen LogP contribution < -0.4 is 5.32 Å². The fourth-order valence-corrected chi connectivity index (χ4v) is 2.62. The number of amides is 1. The Balaban J connectivity index is 2.16.